The van der Waals surface area contributed by atoms with Crippen molar-refractivity contribution in [1.29, 1.82) is 0 Å². The normalized spacial score (nSPS) is 20.2. The Bertz CT molecular complexity index is 572. The van der Waals surface area contributed by atoms with Crippen molar-refractivity contribution in [1.82, 2.24) is 4.90 Å². The minimum atomic E-state index is -0.245. The Balaban J connectivity index is 1.75. The largest absolute Gasteiger partial charge is 0.368 e. The number of benzene rings is 1. The zero-order valence-corrected chi connectivity index (χ0v) is 13.7. The van der Waals surface area contributed by atoms with Gasteiger partial charge in [-0.25, -0.2) is 0 Å². The van der Waals surface area contributed by atoms with Crippen LogP contribution in [0.15, 0.2) is 18.2 Å². The fourth-order valence-electron chi connectivity index (χ4n) is 3.84. The van der Waals surface area contributed by atoms with Gasteiger partial charge in [0.2, 0.25) is 0 Å². The van der Waals surface area contributed by atoms with Gasteiger partial charge in [0.25, 0.3) is 5.69 Å². The van der Waals surface area contributed by atoms with Crippen LogP contribution in [0.3, 0.4) is 0 Å². The Morgan fingerprint density at radius 2 is 1.86 bits per heavy atom. The molecule has 3 rings (SSSR count). The van der Waals surface area contributed by atoms with Crippen LogP contribution in [0.5, 0.6) is 0 Å². The number of hydrogen-bond acceptors (Lipinski definition) is 4. The second-order valence-electron chi connectivity index (χ2n) is 7.36. The Kier molecular flexibility index (Phi) is 3.85. The molecule has 5 heteroatoms. The molecule has 0 unspecified atom stereocenters. The summed E-state index contributed by atoms with van der Waals surface area (Å²) in [7, 11) is 0. The van der Waals surface area contributed by atoms with Gasteiger partial charge in [-0.1, -0.05) is 6.07 Å². The first kappa shape index (κ1) is 15.3. The number of piperidine rings is 1. The van der Waals surface area contributed by atoms with Crippen molar-refractivity contribution < 1.29 is 4.92 Å². The molecule has 0 radical (unpaired) electrons. The number of rotatable bonds is 2. The van der Waals surface area contributed by atoms with E-state index in [0.717, 1.165) is 50.1 Å². The molecule has 22 heavy (non-hydrogen) atoms. The summed E-state index contributed by atoms with van der Waals surface area (Å²) in [6.45, 7) is 9.93. The predicted molar refractivity (Wildman–Crippen MR) is 88.5 cm³/mol. The maximum Gasteiger partial charge on any atom is 0.274 e. The second kappa shape index (κ2) is 5.54. The smallest absolute Gasteiger partial charge is 0.274 e. The van der Waals surface area contributed by atoms with E-state index in [4.69, 9.17) is 0 Å². The molecule has 0 aliphatic carbocycles. The SMILES string of the molecule is CC(C)(C)N1CCC(N2CCc3c2cccc3[N+](=O)[O-])CC1. The lowest BCUT2D eigenvalue weighted by Gasteiger charge is -2.43. The van der Waals surface area contributed by atoms with Crippen molar-refractivity contribution in [3.05, 3.63) is 33.9 Å². The standard InChI is InChI=1S/C17H25N3O2/c1-17(2,3)18-10-7-13(8-11-18)19-12-9-14-15(19)5-4-6-16(14)20(21)22/h4-6,13H,7-12H2,1-3H3. The van der Waals surface area contributed by atoms with Crippen LogP contribution < -0.4 is 4.90 Å². The lowest BCUT2D eigenvalue weighted by atomic mass is 9.97. The third kappa shape index (κ3) is 2.70. The predicted octanol–water partition coefficient (Wildman–Crippen LogP) is 3.22. The summed E-state index contributed by atoms with van der Waals surface area (Å²) >= 11 is 0. The molecule has 0 aromatic heterocycles. The van der Waals surface area contributed by atoms with Crippen molar-refractivity contribution in [3.63, 3.8) is 0 Å². The first-order valence-electron chi connectivity index (χ1n) is 8.16. The summed E-state index contributed by atoms with van der Waals surface area (Å²) in [6, 6.07) is 6.01. The molecule has 1 saturated heterocycles. The van der Waals surface area contributed by atoms with Crippen LogP contribution in [-0.2, 0) is 6.42 Å². The van der Waals surface area contributed by atoms with Gasteiger partial charge in [-0.05, 0) is 46.1 Å². The van der Waals surface area contributed by atoms with Crippen molar-refractivity contribution >= 4 is 11.4 Å². The third-order valence-corrected chi connectivity index (χ3v) is 5.09. The number of likely N-dealkylation sites (tertiary alicyclic amines) is 1. The third-order valence-electron chi connectivity index (χ3n) is 5.09. The molecule has 0 bridgehead atoms. The number of nitro benzene ring substituents is 1. The Morgan fingerprint density at radius 1 is 1.18 bits per heavy atom. The highest BCUT2D eigenvalue weighted by Gasteiger charge is 2.34. The number of hydrogen-bond donors (Lipinski definition) is 0. The zero-order valence-electron chi connectivity index (χ0n) is 13.7. The maximum absolute atomic E-state index is 11.2. The topological polar surface area (TPSA) is 49.6 Å². The lowest BCUT2D eigenvalue weighted by Crippen LogP contribution is -2.50. The van der Waals surface area contributed by atoms with Crippen LogP contribution in [0.1, 0.15) is 39.2 Å². The van der Waals surface area contributed by atoms with Gasteiger partial charge in [0.05, 0.1) is 10.5 Å². The molecule has 1 fully saturated rings. The van der Waals surface area contributed by atoms with E-state index in [9.17, 15) is 10.1 Å². The van der Waals surface area contributed by atoms with Gasteiger partial charge >= 0.3 is 0 Å². The van der Waals surface area contributed by atoms with E-state index in [2.05, 4.69) is 30.6 Å². The Hall–Kier alpha value is -1.62. The maximum atomic E-state index is 11.2. The summed E-state index contributed by atoms with van der Waals surface area (Å²) in [5.41, 5.74) is 2.52. The molecule has 0 saturated carbocycles. The van der Waals surface area contributed by atoms with E-state index in [0.29, 0.717) is 6.04 Å². The van der Waals surface area contributed by atoms with Gasteiger partial charge in [0, 0.05) is 43.0 Å². The zero-order chi connectivity index (χ0) is 15.9. The lowest BCUT2D eigenvalue weighted by molar-refractivity contribution is -0.385. The molecule has 0 N–H and O–H groups in total. The second-order valence-corrected chi connectivity index (χ2v) is 7.36. The molecule has 5 nitrogen and oxygen atoms in total. The van der Waals surface area contributed by atoms with Gasteiger partial charge < -0.3 is 4.90 Å². The van der Waals surface area contributed by atoms with E-state index in [1.165, 1.54) is 0 Å². The highest BCUT2D eigenvalue weighted by Crippen LogP contribution is 2.38. The first-order valence-corrected chi connectivity index (χ1v) is 8.16. The van der Waals surface area contributed by atoms with Crippen LogP contribution in [-0.4, -0.2) is 41.0 Å². The summed E-state index contributed by atoms with van der Waals surface area (Å²) in [5.74, 6) is 0. The summed E-state index contributed by atoms with van der Waals surface area (Å²) in [6.07, 6.45) is 3.07. The molecule has 120 valence electrons. The molecule has 1 aromatic rings. The van der Waals surface area contributed by atoms with Crippen LogP contribution in [0.25, 0.3) is 0 Å². The highest BCUT2D eigenvalue weighted by atomic mass is 16.6. The molecule has 2 aliphatic rings. The molecule has 0 atom stereocenters. The van der Waals surface area contributed by atoms with E-state index in [1.807, 2.05) is 12.1 Å². The summed E-state index contributed by atoms with van der Waals surface area (Å²) < 4.78 is 0. The molecular formula is C17H25N3O2. The van der Waals surface area contributed by atoms with E-state index < -0.39 is 0 Å². The molecule has 0 spiro atoms. The molecule has 0 amide bonds. The van der Waals surface area contributed by atoms with Gasteiger partial charge in [-0.15, -0.1) is 0 Å². The average Bonchev–Trinajstić information content (AvgIpc) is 2.90. The fourth-order valence-corrected chi connectivity index (χ4v) is 3.84. The summed E-state index contributed by atoms with van der Waals surface area (Å²) in [5, 5.41) is 11.2. The number of nitro groups is 1. The van der Waals surface area contributed by atoms with Crippen LogP contribution in [0, 0.1) is 10.1 Å². The van der Waals surface area contributed by atoms with Crippen LogP contribution >= 0.6 is 0 Å². The van der Waals surface area contributed by atoms with E-state index in [1.54, 1.807) is 6.07 Å². The van der Waals surface area contributed by atoms with Gasteiger partial charge in [0.15, 0.2) is 0 Å². The average molecular weight is 303 g/mol. The van der Waals surface area contributed by atoms with Crippen LogP contribution in [0.2, 0.25) is 0 Å². The monoisotopic (exact) mass is 303 g/mol. The molecule has 1 aromatic carbocycles. The van der Waals surface area contributed by atoms with Gasteiger partial charge in [-0.3, -0.25) is 15.0 Å². The minimum absolute atomic E-state index is 0.229. The quantitative estimate of drug-likeness (QED) is 0.622. The van der Waals surface area contributed by atoms with Crippen molar-refractivity contribution in [2.24, 2.45) is 0 Å². The summed E-state index contributed by atoms with van der Waals surface area (Å²) in [4.78, 5) is 15.9. The first-order chi connectivity index (χ1) is 10.4. The highest BCUT2D eigenvalue weighted by molar-refractivity contribution is 5.66. The number of anilines is 1. The van der Waals surface area contributed by atoms with Crippen molar-refractivity contribution in [2.75, 3.05) is 24.5 Å². The minimum Gasteiger partial charge on any atom is -0.368 e. The van der Waals surface area contributed by atoms with Gasteiger partial charge in [-0.2, -0.15) is 0 Å². The Labute approximate surface area is 132 Å². The van der Waals surface area contributed by atoms with Crippen LogP contribution in [0.4, 0.5) is 11.4 Å². The van der Waals surface area contributed by atoms with Crippen molar-refractivity contribution in [2.45, 2.75) is 51.6 Å². The molecule has 2 aliphatic heterocycles. The van der Waals surface area contributed by atoms with E-state index in [-0.39, 0.29) is 16.1 Å². The fraction of sp³-hybridized carbons (Fsp3) is 0.647. The van der Waals surface area contributed by atoms with Crippen molar-refractivity contribution in [3.8, 4) is 0 Å². The Morgan fingerprint density at radius 3 is 2.45 bits per heavy atom. The number of nitrogens with zero attached hydrogens (tertiary/aromatic N) is 3. The van der Waals surface area contributed by atoms with E-state index >= 15 is 0 Å². The van der Waals surface area contributed by atoms with Gasteiger partial charge in [0.1, 0.15) is 0 Å². The molecule has 2 heterocycles. The number of fused-ring (bicyclic) bond motifs is 1. The molecular weight excluding hydrogens is 278 g/mol.